The van der Waals surface area contributed by atoms with Gasteiger partial charge in [-0.2, -0.15) is 5.10 Å². The van der Waals surface area contributed by atoms with Gasteiger partial charge in [-0.15, -0.1) is 0 Å². The third kappa shape index (κ3) is 3.37. The SMILES string of the molecule is Cc1cc(C(=O)N[C@@H]2CCCc3c2cnn3Cc2ccc(Cl)cc2)on1. The molecule has 1 N–H and O–H groups in total. The highest BCUT2D eigenvalue weighted by molar-refractivity contribution is 6.30. The van der Waals surface area contributed by atoms with E-state index < -0.39 is 0 Å². The summed E-state index contributed by atoms with van der Waals surface area (Å²) in [7, 11) is 0. The second-order valence-electron chi connectivity index (χ2n) is 6.58. The smallest absolute Gasteiger partial charge is 0.290 e. The Morgan fingerprint density at radius 2 is 2.19 bits per heavy atom. The Morgan fingerprint density at radius 1 is 1.38 bits per heavy atom. The number of carbonyl (C=O) groups excluding carboxylic acids is 1. The maximum Gasteiger partial charge on any atom is 0.290 e. The third-order valence-corrected chi connectivity index (χ3v) is 4.92. The van der Waals surface area contributed by atoms with E-state index >= 15 is 0 Å². The molecule has 0 fully saturated rings. The summed E-state index contributed by atoms with van der Waals surface area (Å²) in [5.74, 6) is -0.00270. The van der Waals surface area contributed by atoms with Crippen LogP contribution in [-0.2, 0) is 13.0 Å². The first-order valence-electron chi connectivity index (χ1n) is 8.63. The predicted molar refractivity (Wildman–Crippen MR) is 97.2 cm³/mol. The molecule has 2 aromatic heterocycles. The van der Waals surface area contributed by atoms with Crippen molar-refractivity contribution in [3.05, 3.63) is 69.8 Å². The summed E-state index contributed by atoms with van der Waals surface area (Å²) in [5, 5.41) is 12.1. The van der Waals surface area contributed by atoms with Gasteiger partial charge in [-0.1, -0.05) is 28.9 Å². The molecule has 0 saturated carbocycles. The second-order valence-corrected chi connectivity index (χ2v) is 7.02. The lowest BCUT2D eigenvalue weighted by Gasteiger charge is -2.23. The molecule has 2 heterocycles. The van der Waals surface area contributed by atoms with Crippen molar-refractivity contribution in [3.8, 4) is 0 Å². The highest BCUT2D eigenvalue weighted by Gasteiger charge is 2.27. The number of halogens is 1. The number of benzene rings is 1. The molecule has 26 heavy (non-hydrogen) atoms. The summed E-state index contributed by atoms with van der Waals surface area (Å²) >= 11 is 5.95. The Morgan fingerprint density at radius 3 is 2.92 bits per heavy atom. The Kier molecular flexibility index (Phi) is 4.51. The average molecular weight is 371 g/mol. The van der Waals surface area contributed by atoms with Crippen molar-refractivity contribution < 1.29 is 9.32 Å². The zero-order chi connectivity index (χ0) is 18.1. The normalized spacial score (nSPS) is 16.3. The number of aryl methyl sites for hydroxylation is 1. The Balaban J connectivity index is 1.52. The minimum absolute atomic E-state index is 0.0596. The lowest BCUT2D eigenvalue weighted by atomic mass is 9.93. The van der Waals surface area contributed by atoms with Gasteiger partial charge < -0.3 is 9.84 Å². The van der Waals surface area contributed by atoms with Gasteiger partial charge in [-0.25, -0.2) is 0 Å². The standard InChI is InChI=1S/C19H19ClN4O2/c1-12-9-18(26-23-12)19(25)22-16-3-2-4-17-15(16)10-21-24(17)11-13-5-7-14(20)8-6-13/h5-10,16H,2-4,11H2,1H3,(H,22,25)/t16-/m1/s1. The summed E-state index contributed by atoms with van der Waals surface area (Å²) in [6.45, 7) is 2.48. The minimum atomic E-state index is -0.242. The molecule has 6 nitrogen and oxygen atoms in total. The van der Waals surface area contributed by atoms with E-state index in [0.29, 0.717) is 12.2 Å². The van der Waals surface area contributed by atoms with Crippen LogP contribution in [0.1, 0.15) is 52.0 Å². The topological polar surface area (TPSA) is 73.0 Å². The van der Waals surface area contributed by atoms with Crippen LogP contribution in [0.15, 0.2) is 41.1 Å². The highest BCUT2D eigenvalue weighted by atomic mass is 35.5. The molecule has 0 bridgehead atoms. The fourth-order valence-corrected chi connectivity index (χ4v) is 3.49. The van der Waals surface area contributed by atoms with Crippen molar-refractivity contribution in [2.75, 3.05) is 0 Å². The molecule has 1 amide bonds. The van der Waals surface area contributed by atoms with E-state index in [-0.39, 0.29) is 17.7 Å². The summed E-state index contributed by atoms with van der Waals surface area (Å²) in [6, 6.07) is 9.36. The average Bonchev–Trinajstić information content (AvgIpc) is 3.24. The van der Waals surface area contributed by atoms with Crippen LogP contribution in [0.5, 0.6) is 0 Å². The molecule has 1 atom stereocenters. The predicted octanol–water partition coefficient (Wildman–Crippen LogP) is 3.69. The van der Waals surface area contributed by atoms with Crippen molar-refractivity contribution in [3.63, 3.8) is 0 Å². The zero-order valence-electron chi connectivity index (χ0n) is 14.4. The Bertz CT molecular complexity index is 929. The monoisotopic (exact) mass is 370 g/mol. The maximum absolute atomic E-state index is 12.4. The number of nitrogens with zero attached hydrogens (tertiary/aromatic N) is 3. The van der Waals surface area contributed by atoms with Crippen molar-refractivity contribution >= 4 is 17.5 Å². The van der Waals surface area contributed by atoms with Gasteiger partial charge in [0, 0.05) is 22.3 Å². The van der Waals surface area contributed by atoms with E-state index in [9.17, 15) is 4.79 Å². The molecule has 0 unspecified atom stereocenters. The van der Waals surface area contributed by atoms with Gasteiger partial charge in [0.15, 0.2) is 0 Å². The van der Waals surface area contributed by atoms with Crippen LogP contribution < -0.4 is 5.32 Å². The number of amides is 1. The highest BCUT2D eigenvalue weighted by Crippen LogP contribution is 2.30. The fourth-order valence-electron chi connectivity index (χ4n) is 3.37. The van der Waals surface area contributed by atoms with Crippen LogP contribution in [0, 0.1) is 6.92 Å². The van der Waals surface area contributed by atoms with E-state index in [2.05, 4.69) is 15.6 Å². The van der Waals surface area contributed by atoms with Gasteiger partial charge in [0.25, 0.3) is 5.91 Å². The fraction of sp³-hybridized carbons (Fsp3) is 0.316. The van der Waals surface area contributed by atoms with Gasteiger partial charge >= 0.3 is 0 Å². The van der Waals surface area contributed by atoms with Crippen LogP contribution in [0.2, 0.25) is 5.02 Å². The molecule has 1 aromatic carbocycles. The quantitative estimate of drug-likeness (QED) is 0.760. The molecule has 0 saturated heterocycles. The summed E-state index contributed by atoms with van der Waals surface area (Å²) < 4.78 is 7.07. The molecule has 1 aliphatic rings. The van der Waals surface area contributed by atoms with Crippen molar-refractivity contribution in [2.24, 2.45) is 0 Å². The van der Waals surface area contributed by atoms with E-state index in [1.807, 2.05) is 35.1 Å². The molecule has 0 radical (unpaired) electrons. The van der Waals surface area contributed by atoms with Crippen molar-refractivity contribution in [1.29, 1.82) is 0 Å². The number of hydrogen-bond donors (Lipinski definition) is 1. The van der Waals surface area contributed by atoms with Crippen LogP contribution >= 0.6 is 11.6 Å². The van der Waals surface area contributed by atoms with E-state index in [1.165, 1.54) is 5.69 Å². The number of fused-ring (bicyclic) bond motifs is 1. The van der Waals surface area contributed by atoms with Gasteiger partial charge in [-0.3, -0.25) is 9.48 Å². The number of nitrogens with one attached hydrogen (secondary N) is 1. The summed E-state index contributed by atoms with van der Waals surface area (Å²) in [6.07, 6.45) is 4.70. The lowest BCUT2D eigenvalue weighted by Crippen LogP contribution is -2.30. The molecular formula is C19H19ClN4O2. The van der Waals surface area contributed by atoms with Crippen LogP contribution in [0.25, 0.3) is 0 Å². The zero-order valence-corrected chi connectivity index (χ0v) is 15.2. The molecule has 0 spiro atoms. The summed E-state index contributed by atoms with van der Waals surface area (Å²) in [5.41, 5.74) is 4.08. The van der Waals surface area contributed by atoms with Crippen LogP contribution in [-0.4, -0.2) is 20.8 Å². The van der Waals surface area contributed by atoms with Gasteiger partial charge in [0.2, 0.25) is 5.76 Å². The number of rotatable bonds is 4. The Hall–Kier alpha value is -2.60. The lowest BCUT2D eigenvalue weighted by molar-refractivity contribution is 0.0895. The van der Waals surface area contributed by atoms with E-state index in [1.54, 1.807) is 13.0 Å². The van der Waals surface area contributed by atoms with Crippen LogP contribution in [0.4, 0.5) is 0 Å². The molecule has 7 heteroatoms. The molecular weight excluding hydrogens is 352 g/mol. The van der Waals surface area contributed by atoms with Gasteiger partial charge in [0.05, 0.1) is 24.5 Å². The van der Waals surface area contributed by atoms with Gasteiger partial charge in [-0.05, 0) is 43.9 Å². The number of carbonyl (C=O) groups is 1. The second kappa shape index (κ2) is 6.96. The Labute approximate surface area is 156 Å². The van der Waals surface area contributed by atoms with Gasteiger partial charge in [0.1, 0.15) is 0 Å². The van der Waals surface area contributed by atoms with E-state index in [0.717, 1.165) is 35.4 Å². The number of hydrogen-bond acceptors (Lipinski definition) is 4. The minimum Gasteiger partial charge on any atom is -0.351 e. The first-order valence-corrected chi connectivity index (χ1v) is 9.01. The van der Waals surface area contributed by atoms with Crippen LogP contribution in [0.3, 0.4) is 0 Å². The first kappa shape index (κ1) is 16.8. The van der Waals surface area contributed by atoms with Crippen molar-refractivity contribution in [1.82, 2.24) is 20.3 Å². The molecule has 4 rings (SSSR count). The largest absolute Gasteiger partial charge is 0.351 e. The molecule has 0 aliphatic heterocycles. The third-order valence-electron chi connectivity index (χ3n) is 4.67. The molecule has 134 valence electrons. The summed E-state index contributed by atoms with van der Waals surface area (Å²) in [4.78, 5) is 12.4. The first-order chi connectivity index (χ1) is 12.6. The molecule has 1 aliphatic carbocycles. The molecule has 3 aromatic rings. The van der Waals surface area contributed by atoms with E-state index in [4.69, 9.17) is 16.1 Å². The number of aromatic nitrogens is 3. The van der Waals surface area contributed by atoms with Crippen molar-refractivity contribution in [2.45, 2.75) is 38.8 Å². The maximum atomic E-state index is 12.4.